The van der Waals surface area contributed by atoms with Gasteiger partial charge in [0.1, 0.15) is 0 Å². The summed E-state index contributed by atoms with van der Waals surface area (Å²) in [6, 6.07) is 1.69. The second-order valence-corrected chi connectivity index (χ2v) is 2.69. The molecule has 0 aromatic heterocycles. The number of nitro groups is 1. The molecule has 0 saturated carbocycles. The van der Waals surface area contributed by atoms with E-state index in [2.05, 4.69) is 0 Å². The van der Waals surface area contributed by atoms with Crippen LogP contribution < -0.4 is 0 Å². The highest BCUT2D eigenvalue weighted by molar-refractivity contribution is 5.88. The van der Waals surface area contributed by atoms with E-state index in [-0.39, 0.29) is 11.1 Å². The first kappa shape index (κ1) is 10.1. The van der Waals surface area contributed by atoms with E-state index in [1.54, 1.807) is 0 Å². The number of aryl methyl sites for hydroxylation is 1. The molecule has 0 fully saturated rings. The van der Waals surface area contributed by atoms with E-state index >= 15 is 0 Å². The van der Waals surface area contributed by atoms with Crippen molar-refractivity contribution in [3.63, 3.8) is 0 Å². The third-order valence-electron chi connectivity index (χ3n) is 1.68. The highest BCUT2D eigenvalue weighted by Crippen LogP contribution is 2.23. The van der Waals surface area contributed by atoms with E-state index in [0.717, 1.165) is 6.07 Å². The predicted octanol–water partition coefficient (Wildman–Crippen LogP) is 1.74. The van der Waals surface area contributed by atoms with Crippen molar-refractivity contribution >= 4 is 11.7 Å². The van der Waals surface area contributed by atoms with Crippen molar-refractivity contribution in [2.75, 3.05) is 0 Å². The maximum absolute atomic E-state index is 13.0. The summed E-state index contributed by atoms with van der Waals surface area (Å²) in [5.41, 5.74) is -0.993. The molecular formula is C8H6FNO4. The number of nitrogens with zero attached hydrogens (tertiary/aromatic N) is 1. The standard InChI is InChI=1S/C8H6FNO4/c1-4-2-5(8(11)12)3-6(9)7(4)10(13)14/h2-3H,1H3,(H,11,12). The topological polar surface area (TPSA) is 80.4 Å². The SMILES string of the molecule is Cc1cc(C(=O)O)cc(F)c1[N+](=O)[O-]. The summed E-state index contributed by atoms with van der Waals surface area (Å²) in [6.45, 7) is 1.29. The largest absolute Gasteiger partial charge is 0.478 e. The Hall–Kier alpha value is -1.98. The Morgan fingerprint density at radius 3 is 2.50 bits per heavy atom. The Morgan fingerprint density at radius 1 is 1.57 bits per heavy atom. The number of carboxylic acid groups (broad SMARTS) is 1. The van der Waals surface area contributed by atoms with E-state index in [1.165, 1.54) is 6.92 Å². The van der Waals surface area contributed by atoms with Crippen molar-refractivity contribution < 1.29 is 19.2 Å². The molecule has 74 valence electrons. The van der Waals surface area contributed by atoms with E-state index in [0.29, 0.717) is 6.07 Å². The van der Waals surface area contributed by atoms with Gasteiger partial charge in [0, 0.05) is 5.56 Å². The average molecular weight is 199 g/mol. The molecule has 1 N–H and O–H groups in total. The molecule has 0 aliphatic heterocycles. The highest BCUT2D eigenvalue weighted by Gasteiger charge is 2.20. The molecule has 0 amide bonds. The van der Waals surface area contributed by atoms with Gasteiger partial charge >= 0.3 is 11.7 Å². The van der Waals surface area contributed by atoms with Gasteiger partial charge in [-0.1, -0.05) is 0 Å². The second kappa shape index (κ2) is 3.41. The Morgan fingerprint density at radius 2 is 2.14 bits per heavy atom. The van der Waals surface area contributed by atoms with Gasteiger partial charge in [0.2, 0.25) is 5.82 Å². The van der Waals surface area contributed by atoms with Crippen LogP contribution in [0.5, 0.6) is 0 Å². The lowest BCUT2D eigenvalue weighted by Crippen LogP contribution is -2.02. The summed E-state index contributed by atoms with van der Waals surface area (Å²) < 4.78 is 13.0. The van der Waals surface area contributed by atoms with E-state index in [1.807, 2.05) is 0 Å². The monoisotopic (exact) mass is 199 g/mol. The fraction of sp³-hybridized carbons (Fsp3) is 0.125. The molecule has 14 heavy (non-hydrogen) atoms. The second-order valence-electron chi connectivity index (χ2n) is 2.69. The van der Waals surface area contributed by atoms with Crippen molar-refractivity contribution in [2.45, 2.75) is 6.92 Å². The van der Waals surface area contributed by atoms with E-state index in [4.69, 9.17) is 5.11 Å². The van der Waals surface area contributed by atoms with Crippen molar-refractivity contribution in [3.05, 3.63) is 39.2 Å². The summed E-state index contributed by atoms with van der Waals surface area (Å²) >= 11 is 0. The van der Waals surface area contributed by atoms with Crippen LogP contribution in [0, 0.1) is 22.9 Å². The zero-order valence-electron chi connectivity index (χ0n) is 7.15. The van der Waals surface area contributed by atoms with Crippen LogP contribution in [0.2, 0.25) is 0 Å². The smallest absolute Gasteiger partial charge is 0.335 e. The predicted molar refractivity (Wildman–Crippen MR) is 44.8 cm³/mol. The number of carbonyl (C=O) groups is 1. The third kappa shape index (κ3) is 1.68. The summed E-state index contributed by atoms with van der Waals surface area (Å²) in [5.74, 6) is -2.45. The van der Waals surface area contributed by atoms with Gasteiger partial charge in [0.25, 0.3) is 0 Å². The first-order valence-electron chi connectivity index (χ1n) is 3.61. The van der Waals surface area contributed by atoms with Crippen molar-refractivity contribution in [1.82, 2.24) is 0 Å². The Kier molecular flexibility index (Phi) is 2.46. The molecule has 0 aliphatic carbocycles. The fourth-order valence-corrected chi connectivity index (χ4v) is 1.09. The van der Waals surface area contributed by atoms with Gasteiger partial charge in [-0.3, -0.25) is 10.1 Å². The lowest BCUT2D eigenvalue weighted by Gasteiger charge is -2.00. The molecule has 1 rings (SSSR count). The van der Waals surface area contributed by atoms with Gasteiger partial charge in [0.05, 0.1) is 10.5 Å². The molecule has 6 heteroatoms. The molecule has 0 spiro atoms. The van der Waals surface area contributed by atoms with E-state index < -0.39 is 22.4 Å². The molecule has 0 heterocycles. The van der Waals surface area contributed by atoms with Crippen LogP contribution in [-0.2, 0) is 0 Å². The zero-order chi connectivity index (χ0) is 10.9. The summed E-state index contributed by atoms with van der Waals surface area (Å²) in [5, 5.41) is 18.9. The van der Waals surface area contributed by atoms with Gasteiger partial charge in [-0.25, -0.2) is 4.79 Å². The molecular weight excluding hydrogens is 193 g/mol. The van der Waals surface area contributed by atoms with Crippen LogP contribution in [-0.4, -0.2) is 16.0 Å². The van der Waals surface area contributed by atoms with Gasteiger partial charge in [-0.05, 0) is 19.1 Å². The minimum absolute atomic E-state index is 0.00704. The lowest BCUT2D eigenvalue weighted by atomic mass is 10.1. The fourth-order valence-electron chi connectivity index (χ4n) is 1.09. The highest BCUT2D eigenvalue weighted by atomic mass is 19.1. The van der Waals surface area contributed by atoms with Crippen molar-refractivity contribution in [2.24, 2.45) is 0 Å². The van der Waals surface area contributed by atoms with Crippen LogP contribution in [0.1, 0.15) is 15.9 Å². The van der Waals surface area contributed by atoms with Crippen molar-refractivity contribution in [1.29, 1.82) is 0 Å². The van der Waals surface area contributed by atoms with Crippen LogP contribution in [0.3, 0.4) is 0 Å². The first-order valence-corrected chi connectivity index (χ1v) is 3.61. The van der Waals surface area contributed by atoms with Crippen LogP contribution in [0.25, 0.3) is 0 Å². The number of benzene rings is 1. The van der Waals surface area contributed by atoms with E-state index in [9.17, 15) is 19.3 Å². The molecule has 1 aromatic rings. The molecule has 0 bridgehead atoms. The molecule has 0 aliphatic rings. The zero-order valence-corrected chi connectivity index (χ0v) is 7.15. The number of hydrogen-bond acceptors (Lipinski definition) is 3. The molecule has 0 atom stereocenters. The van der Waals surface area contributed by atoms with Crippen molar-refractivity contribution in [3.8, 4) is 0 Å². The number of halogens is 1. The molecule has 0 radical (unpaired) electrons. The quantitative estimate of drug-likeness (QED) is 0.581. The Bertz CT molecular complexity index is 393. The number of rotatable bonds is 2. The van der Waals surface area contributed by atoms with Crippen LogP contribution in [0.15, 0.2) is 12.1 Å². The third-order valence-corrected chi connectivity index (χ3v) is 1.68. The van der Waals surface area contributed by atoms with Crippen LogP contribution >= 0.6 is 0 Å². The van der Waals surface area contributed by atoms with Crippen LogP contribution in [0.4, 0.5) is 10.1 Å². The summed E-state index contributed by atoms with van der Waals surface area (Å²) in [6.07, 6.45) is 0. The minimum atomic E-state index is -1.32. The average Bonchev–Trinajstić information content (AvgIpc) is 2.01. The molecule has 1 aromatic carbocycles. The molecule has 0 unspecified atom stereocenters. The first-order chi connectivity index (χ1) is 6.43. The van der Waals surface area contributed by atoms with Gasteiger partial charge in [0.15, 0.2) is 0 Å². The lowest BCUT2D eigenvalue weighted by molar-refractivity contribution is -0.388. The molecule has 5 nitrogen and oxygen atoms in total. The number of hydrogen-bond donors (Lipinski definition) is 1. The number of nitro benzene ring substituents is 1. The number of carboxylic acids is 1. The number of aromatic carboxylic acids is 1. The molecule has 0 saturated heterocycles. The van der Waals surface area contributed by atoms with Gasteiger partial charge in [-0.2, -0.15) is 4.39 Å². The van der Waals surface area contributed by atoms with Gasteiger partial charge < -0.3 is 5.11 Å². The summed E-state index contributed by atoms with van der Waals surface area (Å²) in [4.78, 5) is 19.9. The normalized spacial score (nSPS) is 9.86. The Balaban J connectivity index is 3.39. The van der Waals surface area contributed by atoms with Gasteiger partial charge in [-0.15, -0.1) is 0 Å². The maximum Gasteiger partial charge on any atom is 0.335 e. The minimum Gasteiger partial charge on any atom is -0.478 e. The maximum atomic E-state index is 13.0. The summed E-state index contributed by atoms with van der Waals surface area (Å²) in [7, 11) is 0. The Labute approximate surface area is 77.9 Å².